The Morgan fingerprint density at radius 1 is 1.00 bits per heavy atom. The molecule has 0 saturated carbocycles. The summed E-state index contributed by atoms with van der Waals surface area (Å²) in [6, 6.07) is 11.9. The zero-order valence-corrected chi connectivity index (χ0v) is 11.5. The first kappa shape index (κ1) is 15.4. The Balaban J connectivity index is 1.97. The molecule has 112 valence electrons. The molecular weight excluding hydrogens is 279 g/mol. The van der Waals surface area contributed by atoms with Crippen molar-refractivity contribution < 1.29 is 18.3 Å². The van der Waals surface area contributed by atoms with E-state index in [1.54, 1.807) is 24.3 Å². The first-order valence-electron chi connectivity index (χ1n) is 6.55. The molecule has 0 aliphatic carbocycles. The van der Waals surface area contributed by atoms with Crippen molar-refractivity contribution in [1.82, 2.24) is 5.32 Å². The van der Waals surface area contributed by atoms with Gasteiger partial charge in [0.05, 0.1) is 5.56 Å². The van der Waals surface area contributed by atoms with Crippen LogP contribution in [0.25, 0.3) is 0 Å². The van der Waals surface area contributed by atoms with Gasteiger partial charge in [-0.15, -0.1) is 0 Å². The van der Waals surface area contributed by atoms with E-state index in [9.17, 15) is 18.3 Å². The number of hydrogen-bond acceptors (Lipinski definition) is 2. The largest absolute Gasteiger partial charge is 0.508 e. The van der Waals surface area contributed by atoms with Crippen molar-refractivity contribution in [2.24, 2.45) is 0 Å². The molecule has 0 bridgehead atoms. The summed E-state index contributed by atoms with van der Waals surface area (Å²) in [5, 5.41) is 12.4. The van der Waals surface area contributed by atoms with E-state index < -0.39 is 11.7 Å². The highest BCUT2D eigenvalue weighted by molar-refractivity contribution is 5.28. The maximum absolute atomic E-state index is 12.5. The summed E-state index contributed by atoms with van der Waals surface area (Å²) in [6.45, 7) is 2.46. The van der Waals surface area contributed by atoms with Crippen molar-refractivity contribution in [1.29, 1.82) is 0 Å². The standard InChI is InChI=1S/C16H16F3NO/c1-11(20-10-12-2-8-15(21)9-3-12)13-4-6-14(7-5-13)16(17,18)19/h2-9,11,20-21H,10H2,1H3. The highest BCUT2D eigenvalue weighted by Gasteiger charge is 2.30. The van der Waals surface area contributed by atoms with E-state index in [1.807, 2.05) is 6.92 Å². The fourth-order valence-electron chi connectivity index (χ4n) is 1.96. The summed E-state index contributed by atoms with van der Waals surface area (Å²) < 4.78 is 37.5. The second-order valence-corrected chi connectivity index (χ2v) is 4.89. The summed E-state index contributed by atoms with van der Waals surface area (Å²) in [5.41, 5.74) is 1.14. The molecule has 0 amide bonds. The van der Waals surface area contributed by atoms with Crippen molar-refractivity contribution in [3.63, 3.8) is 0 Å². The fourth-order valence-corrected chi connectivity index (χ4v) is 1.96. The lowest BCUT2D eigenvalue weighted by Crippen LogP contribution is -2.18. The number of hydrogen-bond donors (Lipinski definition) is 2. The van der Waals surface area contributed by atoms with E-state index in [1.165, 1.54) is 12.1 Å². The quantitative estimate of drug-likeness (QED) is 0.883. The minimum Gasteiger partial charge on any atom is -0.508 e. The third-order valence-electron chi connectivity index (χ3n) is 3.29. The topological polar surface area (TPSA) is 32.3 Å². The van der Waals surface area contributed by atoms with E-state index in [-0.39, 0.29) is 11.8 Å². The van der Waals surface area contributed by atoms with Gasteiger partial charge in [0.15, 0.2) is 0 Å². The van der Waals surface area contributed by atoms with Gasteiger partial charge in [-0.1, -0.05) is 24.3 Å². The Bertz CT molecular complexity index is 576. The molecule has 5 heteroatoms. The second-order valence-electron chi connectivity index (χ2n) is 4.89. The highest BCUT2D eigenvalue weighted by atomic mass is 19.4. The van der Waals surface area contributed by atoms with Crippen molar-refractivity contribution in [2.75, 3.05) is 0 Å². The molecule has 21 heavy (non-hydrogen) atoms. The van der Waals surface area contributed by atoms with Crippen molar-refractivity contribution in [3.05, 3.63) is 65.2 Å². The van der Waals surface area contributed by atoms with Crippen molar-refractivity contribution >= 4 is 0 Å². The lowest BCUT2D eigenvalue weighted by atomic mass is 10.1. The van der Waals surface area contributed by atoms with Crippen molar-refractivity contribution in [3.8, 4) is 5.75 Å². The van der Waals surface area contributed by atoms with Gasteiger partial charge in [0, 0.05) is 12.6 Å². The van der Waals surface area contributed by atoms with Gasteiger partial charge in [0.25, 0.3) is 0 Å². The van der Waals surface area contributed by atoms with E-state index in [0.717, 1.165) is 23.3 Å². The van der Waals surface area contributed by atoms with Crippen LogP contribution in [0, 0.1) is 0 Å². The lowest BCUT2D eigenvalue weighted by Gasteiger charge is -2.15. The van der Waals surface area contributed by atoms with Crippen LogP contribution in [0.1, 0.15) is 29.7 Å². The SMILES string of the molecule is CC(NCc1ccc(O)cc1)c1ccc(C(F)(F)F)cc1. The first-order valence-corrected chi connectivity index (χ1v) is 6.55. The molecule has 1 atom stereocenters. The third kappa shape index (κ3) is 4.23. The maximum Gasteiger partial charge on any atom is 0.416 e. The molecule has 0 heterocycles. The van der Waals surface area contributed by atoms with E-state index in [4.69, 9.17) is 0 Å². The van der Waals surface area contributed by atoms with Crippen LogP contribution < -0.4 is 5.32 Å². The molecule has 0 fully saturated rings. The average molecular weight is 295 g/mol. The molecule has 0 radical (unpaired) electrons. The van der Waals surface area contributed by atoms with Gasteiger partial charge in [-0.25, -0.2) is 0 Å². The summed E-state index contributed by atoms with van der Waals surface area (Å²) in [7, 11) is 0. The molecule has 1 unspecified atom stereocenters. The molecule has 0 aromatic heterocycles. The molecule has 0 aliphatic heterocycles. The molecule has 2 aromatic carbocycles. The Kier molecular flexibility index (Phi) is 4.53. The minimum absolute atomic E-state index is 0.0684. The van der Waals surface area contributed by atoms with Crippen LogP contribution in [0.3, 0.4) is 0 Å². The van der Waals surface area contributed by atoms with Gasteiger partial charge in [-0.05, 0) is 42.3 Å². The molecule has 0 aliphatic rings. The summed E-state index contributed by atoms with van der Waals surface area (Å²) in [4.78, 5) is 0. The van der Waals surface area contributed by atoms with Crippen LogP contribution in [0.15, 0.2) is 48.5 Å². The lowest BCUT2D eigenvalue weighted by molar-refractivity contribution is -0.137. The van der Waals surface area contributed by atoms with Crippen LogP contribution in [0.4, 0.5) is 13.2 Å². The molecule has 2 nitrogen and oxygen atoms in total. The van der Waals surface area contributed by atoms with E-state index in [0.29, 0.717) is 6.54 Å². The highest BCUT2D eigenvalue weighted by Crippen LogP contribution is 2.29. The molecule has 2 aromatic rings. The summed E-state index contributed by atoms with van der Waals surface area (Å²) in [6.07, 6.45) is -4.30. The van der Waals surface area contributed by atoms with Crippen LogP contribution in [-0.4, -0.2) is 5.11 Å². The van der Waals surface area contributed by atoms with Crippen LogP contribution in [0.5, 0.6) is 5.75 Å². The Hall–Kier alpha value is -2.01. The predicted octanol–water partition coefficient (Wildman–Crippen LogP) is 4.26. The van der Waals surface area contributed by atoms with E-state index in [2.05, 4.69) is 5.32 Å². The number of benzene rings is 2. The van der Waals surface area contributed by atoms with Crippen LogP contribution in [-0.2, 0) is 12.7 Å². The smallest absolute Gasteiger partial charge is 0.416 e. The average Bonchev–Trinajstić information content (AvgIpc) is 2.45. The maximum atomic E-state index is 12.5. The Morgan fingerprint density at radius 2 is 1.57 bits per heavy atom. The molecular formula is C16H16F3NO. The molecule has 2 rings (SSSR count). The summed E-state index contributed by atoms with van der Waals surface area (Å²) in [5.74, 6) is 0.203. The van der Waals surface area contributed by atoms with E-state index >= 15 is 0 Å². The minimum atomic E-state index is -4.30. The predicted molar refractivity (Wildman–Crippen MR) is 74.8 cm³/mol. The van der Waals surface area contributed by atoms with Gasteiger partial charge in [-0.3, -0.25) is 0 Å². The number of alkyl halides is 3. The second kappa shape index (κ2) is 6.18. The zero-order valence-electron chi connectivity index (χ0n) is 11.5. The number of halogens is 3. The molecule has 0 saturated heterocycles. The molecule has 2 N–H and O–H groups in total. The Morgan fingerprint density at radius 3 is 2.10 bits per heavy atom. The van der Waals surface area contributed by atoms with Gasteiger partial charge >= 0.3 is 6.18 Å². The fraction of sp³-hybridized carbons (Fsp3) is 0.250. The zero-order chi connectivity index (χ0) is 15.5. The number of nitrogens with one attached hydrogen (secondary N) is 1. The number of phenolic OH excluding ortho intramolecular Hbond substituents is 1. The third-order valence-corrected chi connectivity index (χ3v) is 3.29. The normalized spacial score (nSPS) is 13.1. The number of rotatable bonds is 4. The summed E-state index contributed by atoms with van der Waals surface area (Å²) >= 11 is 0. The van der Waals surface area contributed by atoms with Gasteiger partial charge in [0.2, 0.25) is 0 Å². The van der Waals surface area contributed by atoms with Gasteiger partial charge in [0.1, 0.15) is 5.75 Å². The van der Waals surface area contributed by atoms with Crippen LogP contribution >= 0.6 is 0 Å². The monoisotopic (exact) mass is 295 g/mol. The van der Waals surface area contributed by atoms with Crippen LogP contribution in [0.2, 0.25) is 0 Å². The van der Waals surface area contributed by atoms with Crippen molar-refractivity contribution in [2.45, 2.75) is 25.7 Å². The Labute approximate surface area is 121 Å². The number of aromatic hydroxyl groups is 1. The first-order chi connectivity index (χ1) is 9.86. The van der Waals surface area contributed by atoms with Gasteiger partial charge in [-0.2, -0.15) is 13.2 Å². The van der Waals surface area contributed by atoms with Gasteiger partial charge < -0.3 is 10.4 Å². The number of phenols is 1. The molecule has 0 spiro atoms.